The zero-order valence-electron chi connectivity index (χ0n) is 10.8. The van der Waals surface area contributed by atoms with Crippen molar-refractivity contribution >= 4 is 22.9 Å². The Morgan fingerprint density at radius 2 is 1.95 bits per heavy atom. The van der Waals surface area contributed by atoms with Gasteiger partial charge in [0.05, 0.1) is 11.1 Å². The van der Waals surface area contributed by atoms with Crippen molar-refractivity contribution in [2.75, 3.05) is 5.32 Å². The van der Waals surface area contributed by atoms with Crippen LogP contribution in [0.25, 0.3) is 11.0 Å². The number of carbonyl (C=O) groups excluding carboxylic acids is 1. The lowest BCUT2D eigenvalue weighted by Crippen LogP contribution is -2.11. The van der Waals surface area contributed by atoms with Gasteiger partial charge in [-0.25, -0.2) is 4.98 Å². The van der Waals surface area contributed by atoms with E-state index in [0.717, 1.165) is 11.1 Å². The number of imidazole rings is 1. The molecule has 100 valence electrons. The van der Waals surface area contributed by atoms with Gasteiger partial charge in [0.2, 0.25) is 5.95 Å². The number of rotatable bonds is 4. The molecule has 1 aromatic heterocycles. The molecule has 0 saturated carbocycles. The fraction of sp³-hybridized carbons (Fsp3) is 0.0667. The van der Waals surface area contributed by atoms with Crippen molar-refractivity contribution in [2.24, 2.45) is 5.73 Å². The van der Waals surface area contributed by atoms with Crippen molar-refractivity contribution in [3.8, 4) is 0 Å². The summed E-state index contributed by atoms with van der Waals surface area (Å²) in [6.45, 7) is 0.659. The number of aromatic nitrogens is 2. The maximum Gasteiger partial charge on any atom is 0.250 e. The molecule has 3 aromatic rings. The van der Waals surface area contributed by atoms with E-state index in [2.05, 4.69) is 15.3 Å². The molecule has 0 aliphatic rings. The van der Waals surface area contributed by atoms with Gasteiger partial charge in [0, 0.05) is 6.54 Å². The minimum Gasteiger partial charge on any atom is -0.366 e. The Labute approximate surface area is 115 Å². The van der Waals surface area contributed by atoms with Crippen LogP contribution in [-0.4, -0.2) is 15.9 Å². The number of nitrogens with one attached hydrogen (secondary N) is 2. The molecule has 0 fully saturated rings. The number of benzene rings is 2. The minimum absolute atomic E-state index is 0.423. The Hall–Kier alpha value is -2.82. The Balaban J connectivity index is 1.86. The number of hydrogen-bond donors (Lipinski definition) is 3. The van der Waals surface area contributed by atoms with Gasteiger partial charge in [0.25, 0.3) is 5.91 Å². The van der Waals surface area contributed by atoms with Gasteiger partial charge in [-0.2, -0.15) is 0 Å². The summed E-state index contributed by atoms with van der Waals surface area (Å²) in [4.78, 5) is 18.9. The van der Waals surface area contributed by atoms with E-state index in [9.17, 15) is 4.79 Å². The molecule has 0 unspecified atom stereocenters. The molecule has 0 aliphatic carbocycles. The van der Waals surface area contributed by atoms with Crippen LogP contribution in [-0.2, 0) is 6.54 Å². The third kappa shape index (κ3) is 2.33. The second kappa shape index (κ2) is 5.05. The fourth-order valence-electron chi connectivity index (χ4n) is 2.10. The predicted octanol–water partition coefficient (Wildman–Crippen LogP) is 2.27. The lowest BCUT2D eigenvalue weighted by atomic mass is 10.2. The fourth-order valence-corrected chi connectivity index (χ4v) is 2.10. The average molecular weight is 266 g/mol. The summed E-state index contributed by atoms with van der Waals surface area (Å²) in [6, 6.07) is 15.3. The quantitative estimate of drug-likeness (QED) is 0.677. The monoisotopic (exact) mass is 266 g/mol. The molecule has 0 aliphatic heterocycles. The molecule has 0 saturated heterocycles. The van der Waals surface area contributed by atoms with Crippen LogP contribution < -0.4 is 11.1 Å². The third-order valence-electron chi connectivity index (χ3n) is 3.08. The summed E-state index contributed by atoms with van der Waals surface area (Å²) >= 11 is 0. The number of nitrogens with zero attached hydrogens (tertiary/aromatic N) is 1. The summed E-state index contributed by atoms with van der Waals surface area (Å²) in [5.74, 6) is 0.147. The van der Waals surface area contributed by atoms with E-state index >= 15 is 0 Å². The van der Waals surface area contributed by atoms with Crippen molar-refractivity contribution < 1.29 is 4.79 Å². The number of fused-ring (bicyclic) bond motifs is 1. The minimum atomic E-state index is -0.475. The van der Waals surface area contributed by atoms with E-state index in [1.807, 2.05) is 36.4 Å². The molecule has 5 nitrogen and oxygen atoms in total. The van der Waals surface area contributed by atoms with E-state index in [1.165, 1.54) is 0 Å². The summed E-state index contributed by atoms with van der Waals surface area (Å²) in [5, 5.41) is 3.20. The molecule has 1 amide bonds. The van der Waals surface area contributed by atoms with Crippen LogP contribution in [0.2, 0.25) is 0 Å². The van der Waals surface area contributed by atoms with E-state index in [0.29, 0.717) is 23.6 Å². The van der Waals surface area contributed by atoms with Crippen LogP contribution in [0.3, 0.4) is 0 Å². The van der Waals surface area contributed by atoms with E-state index in [-0.39, 0.29) is 0 Å². The third-order valence-corrected chi connectivity index (χ3v) is 3.08. The maximum atomic E-state index is 11.4. The largest absolute Gasteiger partial charge is 0.366 e. The van der Waals surface area contributed by atoms with Crippen LogP contribution in [0.1, 0.15) is 15.9 Å². The molecule has 20 heavy (non-hydrogen) atoms. The second-order valence-electron chi connectivity index (χ2n) is 4.49. The Morgan fingerprint density at radius 3 is 2.70 bits per heavy atom. The smallest absolute Gasteiger partial charge is 0.250 e. The molecule has 5 heteroatoms. The molecule has 0 bridgehead atoms. The first-order valence-electron chi connectivity index (χ1n) is 6.30. The van der Waals surface area contributed by atoms with Gasteiger partial charge in [-0.15, -0.1) is 0 Å². The molecule has 2 aromatic carbocycles. The zero-order valence-corrected chi connectivity index (χ0v) is 10.8. The van der Waals surface area contributed by atoms with Gasteiger partial charge in [0.1, 0.15) is 5.52 Å². The highest BCUT2D eigenvalue weighted by Crippen LogP contribution is 2.18. The number of primary amides is 1. The number of H-pyrrole nitrogens is 1. The molecular formula is C15H14N4O. The maximum absolute atomic E-state index is 11.4. The molecule has 3 rings (SSSR count). The summed E-state index contributed by atoms with van der Waals surface area (Å²) in [5.41, 5.74) is 8.30. The van der Waals surface area contributed by atoms with Crippen LogP contribution in [0.15, 0.2) is 48.5 Å². The lowest BCUT2D eigenvalue weighted by molar-refractivity contribution is 0.100. The summed E-state index contributed by atoms with van der Waals surface area (Å²) in [6.07, 6.45) is 0. The molecule has 1 heterocycles. The van der Waals surface area contributed by atoms with E-state index in [1.54, 1.807) is 12.1 Å². The van der Waals surface area contributed by atoms with Crippen LogP contribution in [0.5, 0.6) is 0 Å². The topological polar surface area (TPSA) is 83.8 Å². The summed E-state index contributed by atoms with van der Waals surface area (Å²) < 4.78 is 0. The first-order valence-corrected chi connectivity index (χ1v) is 6.30. The van der Waals surface area contributed by atoms with Crippen LogP contribution in [0, 0.1) is 0 Å². The Kier molecular flexibility index (Phi) is 3.09. The zero-order chi connectivity index (χ0) is 13.9. The van der Waals surface area contributed by atoms with Crippen molar-refractivity contribution in [3.63, 3.8) is 0 Å². The van der Waals surface area contributed by atoms with Crippen molar-refractivity contribution in [3.05, 3.63) is 59.7 Å². The molecule has 0 radical (unpaired) electrons. The highest BCUT2D eigenvalue weighted by molar-refractivity contribution is 6.04. The van der Waals surface area contributed by atoms with E-state index < -0.39 is 5.91 Å². The van der Waals surface area contributed by atoms with Gasteiger partial charge < -0.3 is 16.0 Å². The standard InChI is InChI=1S/C15H14N4O/c16-14(20)11-7-4-8-12-13(11)19-15(18-12)17-9-10-5-2-1-3-6-10/h1-8H,9H2,(H2,16,20)(H2,17,18,19). The van der Waals surface area contributed by atoms with Crippen LogP contribution >= 0.6 is 0 Å². The Morgan fingerprint density at radius 1 is 1.15 bits per heavy atom. The van der Waals surface area contributed by atoms with Crippen molar-refractivity contribution in [1.29, 1.82) is 0 Å². The number of hydrogen-bond acceptors (Lipinski definition) is 3. The molecular weight excluding hydrogens is 252 g/mol. The predicted molar refractivity (Wildman–Crippen MR) is 78.4 cm³/mol. The highest BCUT2D eigenvalue weighted by Gasteiger charge is 2.10. The van der Waals surface area contributed by atoms with E-state index in [4.69, 9.17) is 5.73 Å². The number of amides is 1. The molecule has 0 spiro atoms. The average Bonchev–Trinajstić information content (AvgIpc) is 2.88. The molecule has 0 atom stereocenters. The SMILES string of the molecule is NC(=O)c1cccc2[nH]c(NCc3ccccc3)nc12. The lowest BCUT2D eigenvalue weighted by Gasteiger charge is -2.01. The molecule has 4 N–H and O–H groups in total. The van der Waals surface area contributed by atoms with Crippen molar-refractivity contribution in [1.82, 2.24) is 9.97 Å². The first kappa shape index (κ1) is 12.2. The number of aromatic amines is 1. The van der Waals surface area contributed by atoms with Gasteiger partial charge in [-0.1, -0.05) is 36.4 Å². The van der Waals surface area contributed by atoms with Gasteiger partial charge in [-0.05, 0) is 17.7 Å². The van der Waals surface area contributed by atoms with Gasteiger partial charge in [0.15, 0.2) is 0 Å². The number of para-hydroxylation sites is 1. The highest BCUT2D eigenvalue weighted by atomic mass is 16.1. The Bertz CT molecular complexity index is 749. The number of anilines is 1. The second-order valence-corrected chi connectivity index (χ2v) is 4.49. The number of nitrogens with two attached hydrogens (primary N) is 1. The van der Waals surface area contributed by atoms with Gasteiger partial charge in [-0.3, -0.25) is 4.79 Å². The first-order chi connectivity index (χ1) is 9.74. The van der Waals surface area contributed by atoms with Crippen LogP contribution in [0.4, 0.5) is 5.95 Å². The number of carbonyl (C=O) groups is 1. The summed E-state index contributed by atoms with van der Waals surface area (Å²) in [7, 11) is 0. The van der Waals surface area contributed by atoms with Crippen molar-refractivity contribution in [2.45, 2.75) is 6.54 Å². The van der Waals surface area contributed by atoms with Gasteiger partial charge >= 0.3 is 0 Å². The normalized spacial score (nSPS) is 10.6.